The topological polar surface area (TPSA) is 37.3 Å². The Balaban J connectivity index is 1.97. The summed E-state index contributed by atoms with van der Waals surface area (Å²) in [6.45, 7) is 4.18. The van der Waals surface area contributed by atoms with E-state index in [1.165, 1.54) is 10.5 Å². The summed E-state index contributed by atoms with van der Waals surface area (Å²) >= 11 is 1.85. The molecule has 2 atom stereocenters. The van der Waals surface area contributed by atoms with Crippen LogP contribution in [0.2, 0.25) is 0 Å². The molecule has 0 fully saturated rings. The lowest BCUT2D eigenvalue weighted by atomic mass is 9.91. The van der Waals surface area contributed by atoms with Gasteiger partial charge in [0.25, 0.3) is 0 Å². The molecule has 1 aromatic carbocycles. The molecule has 1 heterocycles. The molecule has 1 N–H and O–H groups in total. The molecule has 1 aliphatic heterocycles. The number of carbonyl (C=O) groups is 1. The highest BCUT2D eigenvalue weighted by Gasteiger charge is 2.28. The SMILES string of the molecule is CC(C)CC(CC1Cc2ccccc2S1)C(=O)O. The molecular weight excluding hydrogens is 244 g/mol. The van der Waals surface area contributed by atoms with Gasteiger partial charge < -0.3 is 5.11 Å². The normalized spacial score (nSPS) is 19.8. The van der Waals surface area contributed by atoms with Crippen LogP contribution >= 0.6 is 11.8 Å². The minimum Gasteiger partial charge on any atom is -0.481 e. The number of thioether (sulfide) groups is 1. The Kier molecular flexibility index (Phi) is 4.33. The average molecular weight is 264 g/mol. The maximum absolute atomic E-state index is 11.3. The van der Waals surface area contributed by atoms with Crippen molar-refractivity contribution in [2.24, 2.45) is 11.8 Å². The van der Waals surface area contributed by atoms with Gasteiger partial charge in [0.2, 0.25) is 0 Å². The van der Waals surface area contributed by atoms with Crippen LogP contribution in [0.1, 0.15) is 32.3 Å². The van der Waals surface area contributed by atoms with Crippen LogP contribution in [0.25, 0.3) is 0 Å². The molecule has 0 radical (unpaired) electrons. The van der Waals surface area contributed by atoms with E-state index in [1.807, 2.05) is 11.8 Å². The second-order valence-corrected chi connectivity index (χ2v) is 6.79. The van der Waals surface area contributed by atoms with E-state index in [2.05, 4.69) is 38.1 Å². The first-order chi connectivity index (χ1) is 8.56. The van der Waals surface area contributed by atoms with Gasteiger partial charge in [-0.3, -0.25) is 4.79 Å². The molecule has 2 rings (SSSR count). The van der Waals surface area contributed by atoms with Gasteiger partial charge in [0, 0.05) is 10.1 Å². The van der Waals surface area contributed by atoms with Crippen molar-refractivity contribution in [1.82, 2.24) is 0 Å². The minimum atomic E-state index is -0.639. The Morgan fingerprint density at radius 3 is 2.78 bits per heavy atom. The van der Waals surface area contributed by atoms with E-state index in [9.17, 15) is 9.90 Å². The Morgan fingerprint density at radius 1 is 1.44 bits per heavy atom. The summed E-state index contributed by atoms with van der Waals surface area (Å²) in [5, 5.41) is 9.72. The molecule has 2 nitrogen and oxygen atoms in total. The lowest BCUT2D eigenvalue weighted by molar-refractivity contribution is -0.142. The standard InChI is InChI=1S/C15H20O2S/c1-10(2)7-12(15(16)17)9-13-8-11-5-3-4-6-14(11)18-13/h3-6,10,12-13H,7-9H2,1-2H3,(H,16,17). The number of hydrogen-bond donors (Lipinski definition) is 1. The maximum atomic E-state index is 11.3. The lowest BCUT2D eigenvalue weighted by Crippen LogP contribution is -2.20. The van der Waals surface area contributed by atoms with Crippen molar-refractivity contribution in [1.29, 1.82) is 0 Å². The van der Waals surface area contributed by atoms with Gasteiger partial charge in [-0.05, 0) is 36.8 Å². The third-order valence-corrected chi connectivity index (χ3v) is 4.71. The quantitative estimate of drug-likeness (QED) is 0.878. The zero-order chi connectivity index (χ0) is 13.1. The van der Waals surface area contributed by atoms with E-state index in [1.54, 1.807) is 0 Å². The molecule has 0 amide bonds. The molecule has 1 aliphatic rings. The molecule has 1 aromatic rings. The summed E-state index contributed by atoms with van der Waals surface area (Å²) in [5.74, 6) is -0.392. The number of benzene rings is 1. The Hall–Kier alpha value is -0.960. The molecule has 0 saturated heterocycles. The second-order valence-electron chi connectivity index (χ2n) is 5.45. The molecular formula is C15H20O2S. The molecule has 0 aliphatic carbocycles. The number of carboxylic acid groups (broad SMARTS) is 1. The van der Waals surface area contributed by atoms with Crippen LogP contribution in [0.4, 0.5) is 0 Å². The van der Waals surface area contributed by atoms with Crippen molar-refractivity contribution < 1.29 is 9.90 Å². The van der Waals surface area contributed by atoms with Crippen LogP contribution in [-0.2, 0) is 11.2 Å². The van der Waals surface area contributed by atoms with Gasteiger partial charge in [0.05, 0.1) is 5.92 Å². The van der Waals surface area contributed by atoms with E-state index in [0.29, 0.717) is 11.2 Å². The number of aliphatic carboxylic acids is 1. The fourth-order valence-corrected chi connectivity index (χ4v) is 3.98. The summed E-state index contributed by atoms with van der Waals surface area (Å²) in [6, 6.07) is 8.40. The molecule has 3 heteroatoms. The van der Waals surface area contributed by atoms with E-state index in [4.69, 9.17) is 0 Å². The van der Waals surface area contributed by atoms with Gasteiger partial charge in [0.15, 0.2) is 0 Å². The van der Waals surface area contributed by atoms with E-state index >= 15 is 0 Å². The number of hydrogen-bond acceptors (Lipinski definition) is 2. The summed E-state index contributed by atoms with van der Waals surface area (Å²) in [4.78, 5) is 12.6. The third-order valence-electron chi connectivity index (χ3n) is 3.37. The summed E-state index contributed by atoms with van der Waals surface area (Å²) < 4.78 is 0. The highest BCUT2D eigenvalue weighted by molar-refractivity contribution is 8.00. The summed E-state index contributed by atoms with van der Waals surface area (Å²) in [6.07, 6.45) is 2.58. The first-order valence-corrected chi connectivity index (χ1v) is 7.41. The van der Waals surface area contributed by atoms with Gasteiger partial charge in [-0.2, -0.15) is 0 Å². The van der Waals surface area contributed by atoms with Crippen molar-refractivity contribution in [3.63, 3.8) is 0 Å². The first kappa shape index (κ1) is 13.5. The van der Waals surface area contributed by atoms with Gasteiger partial charge >= 0.3 is 5.97 Å². The molecule has 0 spiro atoms. The molecule has 0 aromatic heterocycles. The third kappa shape index (κ3) is 3.29. The number of rotatable bonds is 5. The predicted molar refractivity (Wildman–Crippen MR) is 75.0 cm³/mol. The van der Waals surface area contributed by atoms with Crippen LogP contribution in [0, 0.1) is 11.8 Å². The highest BCUT2D eigenvalue weighted by Crippen LogP contribution is 2.40. The smallest absolute Gasteiger partial charge is 0.306 e. The molecule has 0 saturated carbocycles. The summed E-state index contributed by atoms with van der Waals surface area (Å²) in [7, 11) is 0. The van der Waals surface area contributed by atoms with E-state index in [-0.39, 0.29) is 5.92 Å². The maximum Gasteiger partial charge on any atom is 0.306 e. The zero-order valence-electron chi connectivity index (χ0n) is 10.9. The van der Waals surface area contributed by atoms with Crippen LogP contribution in [0.15, 0.2) is 29.2 Å². The van der Waals surface area contributed by atoms with Crippen LogP contribution in [0.5, 0.6) is 0 Å². The van der Waals surface area contributed by atoms with Gasteiger partial charge in [-0.1, -0.05) is 32.0 Å². The fraction of sp³-hybridized carbons (Fsp3) is 0.533. The Morgan fingerprint density at radius 2 is 2.17 bits per heavy atom. The minimum absolute atomic E-state index is 0.197. The average Bonchev–Trinajstić information content (AvgIpc) is 2.69. The Labute approximate surface area is 113 Å². The molecule has 2 unspecified atom stereocenters. The molecule has 98 valence electrons. The molecule has 0 bridgehead atoms. The zero-order valence-corrected chi connectivity index (χ0v) is 11.7. The predicted octanol–water partition coefficient (Wildman–Crippen LogP) is 3.84. The monoisotopic (exact) mass is 264 g/mol. The lowest BCUT2D eigenvalue weighted by Gasteiger charge is -2.17. The van der Waals surface area contributed by atoms with E-state index in [0.717, 1.165) is 19.3 Å². The Bertz CT molecular complexity index is 403. The second kappa shape index (κ2) is 5.79. The van der Waals surface area contributed by atoms with E-state index < -0.39 is 5.97 Å². The van der Waals surface area contributed by atoms with Crippen molar-refractivity contribution in [3.8, 4) is 0 Å². The van der Waals surface area contributed by atoms with Crippen LogP contribution in [-0.4, -0.2) is 16.3 Å². The van der Waals surface area contributed by atoms with Crippen LogP contribution in [0.3, 0.4) is 0 Å². The largest absolute Gasteiger partial charge is 0.481 e. The van der Waals surface area contributed by atoms with Crippen molar-refractivity contribution in [3.05, 3.63) is 29.8 Å². The first-order valence-electron chi connectivity index (χ1n) is 6.53. The van der Waals surface area contributed by atoms with Crippen LogP contribution < -0.4 is 0 Å². The number of carboxylic acids is 1. The summed E-state index contributed by atoms with van der Waals surface area (Å²) in [5.41, 5.74) is 1.38. The van der Waals surface area contributed by atoms with Crippen molar-refractivity contribution in [2.45, 2.75) is 43.3 Å². The van der Waals surface area contributed by atoms with Crippen molar-refractivity contribution in [2.75, 3.05) is 0 Å². The van der Waals surface area contributed by atoms with Gasteiger partial charge in [0.1, 0.15) is 0 Å². The van der Waals surface area contributed by atoms with Gasteiger partial charge in [-0.25, -0.2) is 0 Å². The molecule has 18 heavy (non-hydrogen) atoms. The van der Waals surface area contributed by atoms with Gasteiger partial charge in [-0.15, -0.1) is 11.8 Å². The highest BCUT2D eigenvalue weighted by atomic mass is 32.2. The van der Waals surface area contributed by atoms with Crippen molar-refractivity contribution >= 4 is 17.7 Å². The number of fused-ring (bicyclic) bond motifs is 1. The fourth-order valence-electron chi connectivity index (χ4n) is 2.57.